The van der Waals surface area contributed by atoms with E-state index in [4.69, 9.17) is 9.84 Å². The number of rotatable bonds is 4. The molecular weight excluding hydrogens is 166 g/mol. The van der Waals surface area contributed by atoms with Crippen molar-refractivity contribution in [1.29, 1.82) is 0 Å². The average molecular weight is 185 g/mol. The molecule has 2 fully saturated rings. The number of aliphatic hydroxyl groups is 1. The van der Waals surface area contributed by atoms with Gasteiger partial charge in [0.2, 0.25) is 0 Å². The minimum absolute atomic E-state index is 0.0326. The van der Waals surface area contributed by atoms with Crippen LogP contribution < -0.4 is 5.32 Å². The Labute approximate surface area is 79.5 Å². The molecule has 3 heteroatoms. The van der Waals surface area contributed by atoms with Crippen molar-refractivity contribution in [1.82, 2.24) is 5.32 Å². The minimum Gasteiger partial charge on any atom is -0.394 e. The van der Waals surface area contributed by atoms with Crippen molar-refractivity contribution in [2.45, 2.75) is 56.9 Å². The fourth-order valence-electron chi connectivity index (χ4n) is 2.01. The molecule has 0 aromatic carbocycles. The van der Waals surface area contributed by atoms with E-state index >= 15 is 0 Å². The van der Waals surface area contributed by atoms with E-state index < -0.39 is 0 Å². The van der Waals surface area contributed by atoms with Gasteiger partial charge < -0.3 is 15.2 Å². The number of epoxide rings is 1. The first-order valence-corrected chi connectivity index (χ1v) is 5.04. The Hall–Kier alpha value is -0.120. The van der Waals surface area contributed by atoms with Crippen LogP contribution in [0.25, 0.3) is 0 Å². The minimum atomic E-state index is -0.0326. The zero-order valence-electron chi connectivity index (χ0n) is 8.63. The van der Waals surface area contributed by atoms with Crippen molar-refractivity contribution in [3.8, 4) is 0 Å². The van der Waals surface area contributed by atoms with E-state index in [1.807, 2.05) is 0 Å². The normalized spacial score (nSPS) is 46.2. The Morgan fingerprint density at radius 2 is 2.00 bits per heavy atom. The van der Waals surface area contributed by atoms with Crippen LogP contribution in [0.15, 0.2) is 0 Å². The molecule has 0 unspecified atom stereocenters. The lowest BCUT2D eigenvalue weighted by Crippen LogP contribution is -2.14. The van der Waals surface area contributed by atoms with Gasteiger partial charge in [0.1, 0.15) is 6.10 Å². The lowest BCUT2D eigenvalue weighted by atomic mass is 9.97. The molecular formula is C10H19NO2. The molecule has 0 aromatic rings. The van der Waals surface area contributed by atoms with Crippen LogP contribution in [0.2, 0.25) is 0 Å². The number of ether oxygens (including phenoxy) is 1. The fourth-order valence-corrected chi connectivity index (χ4v) is 2.01. The first-order chi connectivity index (χ1) is 5.98. The molecule has 2 rings (SSSR count). The smallest absolute Gasteiger partial charge is 0.110 e. The van der Waals surface area contributed by atoms with Crippen LogP contribution in [0, 0.1) is 0 Å². The van der Waals surface area contributed by atoms with Crippen LogP contribution >= 0.6 is 0 Å². The van der Waals surface area contributed by atoms with Gasteiger partial charge in [0, 0.05) is 11.6 Å². The zero-order valence-corrected chi connectivity index (χ0v) is 8.63. The van der Waals surface area contributed by atoms with E-state index in [2.05, 4.69) is 26.1 Å². The maximum absolute atomic E-state index is 8.88. The summed E-state index contributed by atoms with van der Waals surface area (Å²) in [7, 11) is 0. The van der Waals surface area contributed by atoms with Gasteiger partial charge in [-0.2, -0.15) is 0 Å². The summed E-state index contributed by atoms with van der Waals surface area (Å²) in [5.41, 5.74) is 0.301. The van der Waals surface area contributed by atoms with E-state index in [1.165, 1.54) is 0 Å². The molecule has 2 N–H and O–H groups in total. The molecule has 2 heterocycles. The molecule has 0 radical (unpaired) electrons. The lowest BCUT2D eigenvalue weighted by molar-refractivity contribution is 0.234. The number of hydrogen-bond donors (Lipinski definition) is 2. The Morgan fingerprint density at radius 1 is 1.38 bits per heavy atom. The highest BCUT2D eigenvalue weighted by Gasteiger charge is 2.53. The summed E-state index contributed by atoms with van der Waals surface area (Å²) in [6.07, 6.45) is 2.30. The maximum atomic E-state index is 8.88. The lowest BCUT2D eigenvalue weighted by Gasteiger charge is -2.05. The predicted molar refractivity (Wildman–Crippen MR) is 50.6 cm³/mol. The van der Waals surface area contributed by atoms with Crippen molar-refractivity contribution in [3.63, 3.8) is 0 Å². The summed E-state index contributed by atoms with van der Waals surface area (Å²) in [5.74, 6) is 0. The number of nitrogens with one attached hydrogen (secondary N) is 1. The summed E-state index contributed by atoms with van der Waals surface area (Å²) in [6.45, 7) is 6.69. The molecule has 2 aliphatic heterocycles. The van der Waals surface area contributed by atoms with Gasteiger partial charge in [-0.3, -0.25) is 0 Å². The van der Waals surface area contributed by atoms with Gasteiger partial charge in [0.05, 0.1) is 12.2 Å². The second kappa shape index (κ2) is 2.69. The van der Waals surface area contributed by atoms with E-state index in [9.17, 15) is 0 Å². The van der Waals surface area contributed by atoms with E-state index in [0.29, 0.717) is 11.6 Å². The predicted octanol–water partition coefficient (Wildman–Crippen LogP) is 0.667. The molecule has 3 nitrogen and oxygen atoms in total. The molecule has 2 aliphatic rings. The molecule has 0 amide bonds. The van der Waals surface area contributed by atoms with Crippen molar-refractivity contribution < 1.29 is 9.84 Å². The van der Waals surface area contributed by atoms with Crippen LogP contribution in [0.3, 0.4) is 0 Å². The average Bonchev–Trinajstić information content (AvgIpc) is 2.87. The molecule has 76 valence electrons. The summed E-state index contributed by atoms with van der Waals surface area (Å²) >= 11 is 0. The molecule has 0 aliphatic carbocycles. The van der Waals surface area contributed by atoms with Gasteiger partial charge in [-0.05, 0) is 33.6 Å². The van der Waals surface area contributed by atoms with Crippen LogP contribution in [0.1, 0.15) is 33.6 Å². The maximum Gasteiger partial charge on any atom is 0.110 e. The highest BCUT2D eigenvalue weighted by molar-refractivity contribution is 5.09. The molecule has 2 saturated heterocycles. The van der Waals surface area contributed by atoms with Gasteiger partial charge >= 0.3 is 0 Å². The van der Waals surface area contributed by atoms with Gasteiger partial charge in [0.15, 0.2) is 0 Å². The van der Waals surface area contributed by atoms with E-state index in [1.54, 1.807) is 0 Å². The summed E-state index contributed by atoms with van der Waals surface area (Å²) in [4.78, 5) is 0. The second-order valence-corrected chi connectivity index (χ2v) is 5.06. The Balaban J connectivity index is 1.70. The topological polar surface area (TPSA) is 54.7 Å². The van der Waals surface area contributed by atoms with E-state index in [-0.39, 0.29) is 18.3 Å². The number of hydrogen-bond acceptors (Lipinski definition) is 3. The van der Waals surface area contributed by atoms with Crippen LogP contribution in [-0.4, -0.2) is 35.0 Å². The third-order valence-corrected chi connectivity index (χ3v) is 3.46. The van der Waals surface area contributed by atoms with Crippen LogP contribution in [0.5, 0.6) is 0 Å². The first-order valence-electron chi connectivity index (χ1n) is 5.04. The quantitative estimate of drug-likeness (QED) is 0.633. The third-order valence-electron chi connectivity index (χ3n) is 3.46. The summed E-state index contributed by atoms with van der Waals surface area (Å²) < 4.78 is 5.42. The summed E-state index contributed by atoms with van der Waals surface area (Å²) in [6, 6.07) is 0.646. The molecule has 0 aromatic heterocycles. The van der Waals surface area contributed by atoms with Gasteiger partial charge in [-0.1, -0.05) is 0 Å². The fraction of sp³-hybridized carbons (Fsp3) is 1.00. The van der Waals surface area contributed by atoms with E-state index in [0.717, 1.165) is 12.8 Å². The monoisotopic (exact) mass is 185 g/mol. The first kappa shape index (κ1) is 9.44. The standard InChI is InChI=1S/C10H19NO2/c1-9(2)7(11-9)4-5-10(3)8(6-12)13-10/h7-8,11-12H,4-6H2,1-3H3/t7-,8-,10-/m0/s1. The molecule has 0 bridgehead atoms. The largest absolute Gasteiger partial charge is 0.394 e. The molecule has 0 spiro atoms. The second-order valence-electron chi connectivity index (χ2n) is 5.06. The number of aliphatic hydroxyl groups excluding tert-OH is 1. The van der Waals surface area contributed by atoms with Gasteiger partial charge in [0.25, 0.3) is 0 Å². The van der Waals surface area contributed by atoms with Crippen molar-refractivity contribution >= 4 is 0 Å². The molecule has 13 heavy (non-hydrogen) atoms. The molecule has 0 saturated carbocycles. The Bertz CT molecular complexity index is 217. The van der Waals surface area contributed by atoms with Crippen molar-refractivity contribution in [3.05, 3.63) is 0 Å². The van der Waals surface area contributed by atoms with Crippen molar-refractivity contribution in [2.24, 2.45) is 0 Å². The third kappa shape index (κ3) is 1.73. The van der Waals surface area contributed by atoms with Crippen LogP contribution in [-0.2, 0) is 4.74 Å². The Morgan fingerprint density at radius 3 is 2.38 bits per heavy atom. The zero-order chi connectivity index (χ0) is 9.69. The van der Waals surface area contributed by atoms with Gasteiger partial charge in [-0.15, -0.1) is 0 Å². The van der Waals surface area contributed by atoms with Crippen molar-refractivity contribution in [2.75, 3.05) is 6.61 Å². The highest BCUT2D eigenvalue weighted by Crippen LogP contribution is 2.42. The SMILES string of the molecule is CC1(C)N[C@H]1CC[C@]1(C)O[C@H]1CO. The van der Waals surface area contributed by atoms with Crippen LogP contribution in [0.4, 0.5) is 0 Å². The highest BCUT2D eigenvalue weighted by atomic mass is 16.6. The Kier molecular flexibility index (Phi) is 1.95. The van der Waals surface area contributed by atoms with Gasteiger partial charge in [-0.25, -0.2) is 0 Å². The molecule has 3 atom stereocenters. The summed E-state index contributed by atoms with van der Waals surface area (Å²) in [5, 5.41) is 12.3.